The first-order chi connectivity index (χ1) is 8.41. The van der Waals surface area contributed by atoms with Gasteiger partial charge in [-0.1, -0.05) is 18.5 Å². The van der Waals surface area contributed by atoms with Gasteiger partial charge in [0.15, 0.2) is 0 Å². The molecule has 4 nitrogen and oxygen atoms in total. The molecule has 0 saturated carbocycles. The van der Waals surface area contributed by atoms with Crippen LogP contribution in [-0.4, -0.2) is 25.8 Å². The van der Waals surface area contributed by atoms with Gasteiger partial charge in [0.2, 0.25) is 10.0 Å². The third-order valence-corrected chi connectivity index (χ3v) is 5.57. The van der Waals surface area contributed by atoms with E-state index in [1.165, 1.54) is 22.5 Å². The summed E-state index contributed by atoms with van der Waals surface area (Å²) in [6, 6.07) is 4.46. The van der Waals surface area contributed by atoms with Crippen LogP contribution in [0.25, 0.3) is 0 Å². The number of nitrogen functional groups attached to an aromatic ring is 1. The smallest absolute Gasteiger partial charge is 0.243 e. The minimum absolute atomic E-state index is 0.219. The Bertz CT molecular complexity index is 537. The van der Waals surface area contributed by atoms with Crippen LogP contribution in [0.3, 0.4) is 0 Å². The highest BCUT2D eigenvalue weighted by Gasteiger charge is 2.28. The lowest BCUT2D eigenvalue weighted by Crippen LogP contribution is -2.37. The molecule has 1 aliphatic rings. The summed E-state index contributed by atoms with van der Waals surface area (Å²) in [4.78, 5) is 0.219. The summed E-state index contributed by atoms with van der Waals surface area (Å²) in [6.45, 7) is 3.29. The summed E-state index contributed by atoms with van der Waals surface area (Å²) >= 11 is 5.87. The second-order valence-electron chi connectivity index (χ2n) is 4.77. The predicted octanol–water partition coefficient (Wildman–Crippen LogP) is 2.34. The van der Waals surface area contributed by atoms with E-state index in [9.17, 15) is 8.42 Å². The molecule has 0 spiro atoms. The monoisotopic (exact) mass is 288 g/mol. The number of nitrogens with zero attached hydrogens (tertiary/aromatic N) is 1. The first-order valence-electron chi connectivity index (χ1n) is 5.96. The van der Waals surface area contributed by atoms with Crippen LogP contribution < -0.4 is 5.73 Å². The van der Waals surface area contributed by atoms with E-state index in [0.717, 1.165) is 12.8 Å². The van der Waals surface area contributed by atoms with Crippen LogP contribution in [0.1, 0.15) is 19.8 Å². The van der Waals surface area contributed by atoms with Crippen molar-refractivity contribution in [2.45, 2.75) is 24.7 Å². The third-order valence-electron chi connectivity index (χ3n) is 3.35. The molecule has 1 aromatic carbocycles. The minimum atomic E-state index is -3.43. The van der Waals surface area contributed by atoms with Crippen LogP contribution in [0, 0.1) is 5.92 Å². The van der Waals surface area contributed by atoms with E-state index in [2.05, 4.69) is 6.92 Å². The molecule has 0 aromatic heterocycles. The number of piperidine rings is 1. The number of anilines is 1. The van der Waals surface area contributed by atoms with Gasteiger partial charge in [-0.25, -0.2) is 8.42 Å². The molecule has 2 rings (SSSR count). The molecule has 1 heterocycles. The van der Waals surface area contributed by atoms with E-state index in [0.29, 0.717) is 24.7 Å². The molecular formula is C12H17ClN2O2S. The number of hydrogen-bond acceptors (Lipinski definition) is 3. The highest BCUT2D eigenvalue weighted by Crippen LogP contribution is 2.27. The molecule has 18 heavy (non-hydrogen) atoms. The molecule has 0 atom stereocenters. The van der Waals surface area contributed by atoms with Crippen LogP contribution in [0.2, 0.25) is 5.02 Å². The molecule has 0 radical (unpaired) electrons. The Morgan fingerprint density at radius 3 is 2.50 bits per heavy atom. The standard InChI is InChI=1S/C12H17ClN2O2S/c1-9-4-6-15(7-5-9)18(16,17)10-2-3-12(14)11(13)8-10/h2-3,8-9H,4-7,14H2,1H3. The quantitative estimate of drug-likeness (QED) is 0.850. The Labute approximate surface area is 113 Å². The first-order valence-corrected chi connectivity index (χ1v) is 7.78. The van der Waals surface area contributed by atoms with Crippen molar-refractivity contribution in [3.05, 3.63) is 23.2 Å². The number of nitrogens with two attached hydrogens (primary N) is 1. The van der Waals surface area contributed by atoms with Crippen molar-refractivity contribution >= 4 is 27.3 Å². The Hall–Kier alpha value is -0.780. The topological polar surface area (TPSA) is 63.4 Å². The fourth-order valence-electron chi connectivity index (χ4n) is 2.04. The maximum absolute atomic E-state index is 12.4. The molecule has 0 aliphatic carbocycles. The molecule has 6 heteroatoms. The first kappa shape index (κ1) is 13.6. The lowest BCUT2D eigenvalue weighted by molar-refractivity contribution is 0.288. The van der Waals surface area contributed by atoms with E-state index < -0.39 is 10.0 Å². The lowest BCUT2D eigenvalue weighted by atomic mass is 10.0. The normalized spacial score (nSPS) is 19.0. The van der Waals surface area contributed by atoms with Gasteiger partial charge in [0.1, 0.15) is 0 Å². The summed E-state index contributed by atoms with van der Waals surface area (Å²) in [6.07, 6.45) is 1.81. The fourth-order valence-corrected chi connectivity index (χ4v) is 3.78. The van der Waals surface area contributed by atoms with Gasteiger partial charge in [-0.2, -0.15) is 4.31 Å². The zero-order chi connectivity index (χ0) is 13.3. The van der Waals surface area contributed by atoms with Crippen molar-refractivity contribution in [2.75, 3.05) is 18.8 Å². The highest BCUT2D eigenvalue weighted by atomic mass is 35.5. The largest absolute Gasteiger partial charge is 0.398 e. The van der Waals surface area contributed by atoms with Gasteiger partial charge < -0.3 is 5.73 Å². The van der Waals surface area contributed by atoms with Crippen LogP contribution in [0.15, 0.2) is 23.1 Å². The number of hydrogen-bond donors (Lipinski definition) is 1. The van der Waals surface area contributed by atoms with Gasteiger partial charge in [-0.05, 0) is 37.0 Å². The molecule has 2 N–H and O–H groups in total. The Balaban J connectivity index is 2.27. The molecule has 1 saturated heterocycles. The van der Waals surface area contributed by atoms with Gasteiger partial charge in [0, 0.05) is 13.1 Å². The summed E-state index contributed by atoms with van der Waals surface area (Å²) in [5.41, 5.74) is 5.98. The Morgan fingerprint density at radius 2 is 1.94 bits per heavy atom. The molecule has 0 amide bonds. The second kappa shape index (κ2) is 5.07. The fraction of sp³-hybridized carbons (Fsp3) is 0.500. The third kappa shape index (κ3) is 2.63. The number of sulfonamides is 1. The van der Waals surface area contributed by atoms with Crippen molar-refractivity contribution in [1.29, 1.82) is 0 Å². The minimum Gasteiger partial charge on any atom is -0.398 e. The Kier molecular flexibility index (Phi) is 3.84. The zero-order valence-electron chi connectivity index (χ0n) is 10.3. The van der Waals surface area contributed by atoms with Crippen LogP contribution in [-0.2, 0) is 10.0 Å². The number of rotatable bonds is 2. The summed E-state index contributed by atoms with van der Waals surface area (Å²) in [7, 11) is -3.43. The van der Waals surface area contributed by atoms with E-state index in [-0.39, 0.29) is 9.92 Å². The zero-order valence-corrected chi connectivity index (χ0v) is 11.8. The summed E-state index contributed by atoms with van der Waals surface area (Å²) in [5.74, 6) is 0.589. The molecule has 0 unspecified atom stereocenters. The van der Waals surface area contributed by atoms with Crippen molar-refractivity contribution in [1.82, 2.24) is 4.31 Å². The van der Waals surface area contributed by atoms with Crippen molar-refractivity contribution in [2.24, 2.45) is 5.92 Å². The molecule has 0 bridgehead atoms. The van der Waals surface area contributed by atoms with Gasteiger partial charge >= 0.3 is 0 Å². The van der Waals surface area contributed by atoms with Crippen LogP contribution in [0.5, 0.6) is 0 Å². The predicted molar refractivity (Wildman–Crippen MR) is 73.0 cm³/mol. The molecular weight excluding hydrogens is 272 g/mol. The van der Waals surface area contributed by atoms with Gasteiger partial charge in [-0.3, -0.25) is 0 Å². The average molecular weight is 289 g/mol. The molecule has 100 valence electrons. The van der Waals surface area contributed by atoms with Gasteiger partial charge in [-0.15, -0.1) is 0 Å². The molecule has 1 aliphatic heterocycles. The van der Waals surface area contributed by atoms with E-state index >= 15 is 0 Å². The van der Waals surface area contributed by atoms with E-state index in [1.54, 1.807) is 0 Å². The van der Waals surface area contributed by atoms with E-state index in [4.69, 9.17) is 17.3 Å². The maximum Gasteiger partial charge on any atom is 0.243 e. The van der Waals surface area contributed by atoms with Gasteiger partial charge in [0.25, 0.3) is 0 Å². The molecule has 1 aromatic rings. The average Bonchev–Trinajstić information content (AvgIpc) is 2.33. The number of halogens is 1. The van der Waals surface area contributed by atoms with Crippen molar-refractivity contribution < 1.29 is 8.42 Å². The highest BCUT2D eigenvalue weighted by molar-refractivity contribution is 7.89. The van der Waals surface area contributed by atoms with Crippen LogP contribution >= 0.6 is 11.6 Å². The maximum atomic E-state index is 12.4. The Morgan fingerprint density at radius 1 is 1.33 bits per heavy atom. The summed E-state index contributed by atoms with van der Waals surface area (Å²) < 4.78 is 26.3. The second-order valence-corrected chi connectivity index (χ2v) is 7.12. The van der Waals surface area contributed by atoms with E-state index in [1.807, 2.05) is 0 Å². The number of benzene rings is 1. The van der Waals surface area contributed by atoms with Gasteiger partial charge in [0.05, 0.1) is 15.6 Å². The summed E-state index contributed by atoms with van der Waals surface area (Å²) in [5, 5.41) is 0.279. The van der Waals surface area contributed by atoms with Crippen LogP contribution in [0.4, 0.5) is 5.69 Å². The molecule has 1 fully saturated rings. The van der Waals surface area contributed by atoms with Crippen molar-refractivity contribution in [3.63, 3.8) is 0 Å². The lowest BCUT2D eigenvalue weighted by Gasteiger charge is -2.29. The van der Waals surface area contributed by atoms with Crippen molar-refractivity contribution in [3.8, 4) is 0 Å². The SMILES string of the molecule is CC1CCN(S(=O)(=O)c2ccc(N)c(Cl)c2)CC1.